The van der Waals surface area contributed by atoms with E-state index in [-0.39, 0.29) is 12.4 Å². The fourth-order valence-electron chi connectivity index (χ4n) is 2.44. The number of ether oxygens (including phenoxy) is 2. The Morgan fingerprint density at radius 2 is 1.73 bits per heavy atom. The van der Waals surface area contributed by atoms with Gasteiger partial charge in [0.1, 0.15) is 0 Å². The fourth-order valence-corrected chi connectivity index (χ4v) is 2.71. The number of anilines is 1. The van der Waals surface area contributed by atoms with Gasteiger partial charge in [-0.25, -0.2) is 9.97 Å². The molecule has 3 rings (SSSR count). The van der Waals surface area contributed by atoms with Crippen LogP contribution >= 0.6 is 15.9 Å². The Hall–Kier alpha value is -2.64. The molecule has 0 aliphatic rings. The molecule has 7 heteroatoms. The van der Waals surface area contributed by atoms with Crippen molar-refractivity contribution in [3.8, 4) is 28.6 Å². The summed E-state index contributed by atoms with van der Waals surface area (Å²) < 4.78 is 12.2. The molecule has 1 aromatic heterocycles. The summed E-state index contributed by atoms with van der Waals surface area (Å²) in [4.78, 5) is 8.91. The minimum absolute atomic E-state index is 0.0848. The average molecular weight is 416 g/mol. The number of aliphatic hydroxyl groups is 1. The third-order valence-electron chi connectivity index (χ3n) is 3.69. The molecule has 0 spiro atoms. The van der Waals surface area contributed by atoms with E-state index in [1.54, 1.807) is 19.2 Å². The number of halogens is 1. The highest BCUT2D eigenvalue weighted by Gasteiger charge is 2.17. The van der Waals surface area contributed by atoms with Gasteiger partial charge >= 0.3 is 0 Å². The van der Waals surface area contributed by atoms with Crippen LogP contribution in [0.1, 0.15) is 5.69 Å². The van der Waals surface area contributed by atoms with Crippen molar-refractivity contribution in [3.05, 3.63) is 58.7 Å². The monoisotopic (exact) mass is 415 g/mol. The summed E-state index contributed by atoms with van der Waals surface area (Å²) in [7, 11) is 1.56. The van der Waals surface area contributed by atoms with Crippen molar-refractivity contribution in [1.82, 2.24) is 9.97 Å². The summed E-state index contributed by atoms with van der Waals surface area (Å²) in [5.74, 6) is 2.07. The van der Waals surface area contributed by atoms with Gasteiger partial charge in [-0.2, -0.15) is 0 Å². The lowest BCUT2D eigenvalue weighted by atomic mass is 10.2. The maximum absolute atomic E-state index is 9.41. The van der Waals surface area contributed by atoms with E-state index in [9.17, 15) is 5.11 Å². The van der Waals surface area contributed by atoms with Crippen LogP contribution in [0, 0.1) is 0 Å². The van der Waals surface area contributed by atoms with Gasteiger partial charge in [-0.3, -0.25) is 0 Å². The maximum Gasteiger partial charge on any atom is 0.191 e. The standard InChI is InChI=1S/C19H18BrN3O3/c1-25-15-4-2-3-5-16(15)26-17-14(10-11-24)22-19(23-18(17)21)12-6-8-13(20)9-7-12/h2-9,24H,10-11H2,1H3,(H2,21,22,23). The summed E-state index contributed by atoms with van der Waals surface area (Å²) in [6.07, 6.45) is 0.292. The summed E-state index contributed by atoms with van der Waals surface area (Å²) >= 11 is 3.40. The van der Waals surface area contributed by atoms with E-state index < -0.39 is 0 Å². The molecule has 0 saturated heterocycles. The Balaban J connectivity index is 2.03. The van der Waals surface area contributed by atoms with E-state index >= 15 is 0 Å². The number of nitrogen functional groups attached to an aromatic ring is 1. The maximum atomic E-state index is 9.41. The van der Waals surface area contributed by atoms with Gasteiger partial charge in [-0.15, -0.1) is 0 Å². The normalized spacial score (nSPS) is 10.6. The predicted octanol–water partition coefficient (Wildman–Crippen LogP) is 3.82. The molecule has 0 amide bonds. The highest BCUT2D eigenvalue weighted by molar-refractivity contribution is 9.10. The second kappa shape index (κ2) is 8.16. The van der Waals surface area contributed by atoms with Crippen LogP contribution in [0.5, 0.6) is 17.2 Å². The van der Waals surface area contributed by atoms with Gasteiger partial charge in [0.15, 0.2) is 28.9 Å². The summed E-state index contributed by atoms with van der Waals surface area (Å²) in [5, 5.41) is 9.41. The molecule has 0 bridgehead atoms. The number of hydrogen-bond donors (Lipinski definition) is 2. The number of rotatable bonds is 6. The summed E-state index contributed by atoms with van der Waals surface area (Å²) in [6.45, 7) is -0.0848. The van der Waals surface area contributed by atoms with Crippen molar-refractivity contribution in [2.75, 3.05) is 19.5 Å². The first-order valence-corrected chi connectivity index (χ1v) is 8.75. The molecule has 1 heterocycles. The smallest absolute Gasteiger partial charge is 0.191 e. The number of methoxy groups -OCH3 is 1. The van der Waals surface area contributed by atoms with Crippen molar-refractivity contribution < 1.29 is 14.6 Å². The Kier molecular flexibility index (Phi) is 5.70. The second-order valence-corrected chi connectivity index (χ2v) is 6.36. The Morgan fingerprint density at radius 1 is 1.04 bits per heavy atom. The van der Waals surface area contributed by atoms with Crippen molar-refractivity contribution in [3.63, 3.8) is 0 Å². The van der Waals surface area contributed by atoms with Crippen molar-refractivity contribution in [2.45, 2.75) is 6.42 Å². The fraction of sp³-hybridized carbons (Fsp3) is 0.158. The first-order chi connectivity index (χ1) is 12.6. The second-order valence-electron chi connectivity index (χ2n) is 5.44. The number of hydrogen-bond acceptors (Lipinski definition) is 6. The minimum Gasteiger partial charge on any atom is -0.493 e. The van der Waals surface area contributed by atoms with E-state index in [2.05, 4.69) is 25.9 Å². The zero-order valence-electron chi connectivity index (χ0n) is 14.1. The molecule has 6 nitrogen and oxygen atoms in total. The van der Waals surface area contributed by atoms with Crippen LogP contribution in [0.25, 0.3) is 11.4 Å². The minimum atomic E-state index is -0.0848. The number of nitrogens with zero attached hydrogens (tertiary/aromatic N) is 2. The lowest BCUT2D eigenvalue weighted by Gasteiger charge is -2.15. The number of nitrogens with two attached hydrogens (primary N) is 1. The van der Waals surface area contributed by atoms with Crippen LogP contribution < -0.4 is 15.2 Å². The molecule has 2 aromatic carbocycles. The predicted molar refractivity (Wildman–Crippen MR) is 103 cm³/mol. The molecule has 0 saturated carbocycles. The summed E-state index contributed by atoms with van der Waals surface area (Å²) in [6, 6.07) is 14.8. The molecule has 3 N–H and O–H groups in total. The topological polar surface area (TPSA) is 90.5 Å². The summed E-state index contributed by atoms with van der Waals surface area (Å²) in [5.41, 5.74) is 7.50. The molecular formula is C19H18BrN3O3. The molecule has 134 valence electrons. The van der Waals surface area contributed by atoms with Gasteiger partial charge in [0.05, 0.1) is 12.8 Å². The molecule has 0 unspecified atom stereocenters. The largest absolute Gasteiger partial charge is 0.493 e. The van der Waals surface area contributed by atoms with Gasteiger partial charge in [-0.05, 0) is 24.3 Å². The molecule has 0 radical (unpaired) electrons. The van der Waals surface area contributed by atoms with Gasteiger partial charge in [0.25, 0.3) is 0 Å². The highest BCUT2D eigenvalue weighted by Crippen LogP contribution is 2.36. The molecular weight excluding hydrogens is 398 g/mol. The third kappa shape index (κ3) is 3.95. The number of aromatic nitrogens is 2. The van der Waals surface area contributed by atoms with E-state index in [0.29, 0.717) is 35.2 Å². The van der Waals surface area contributed by atoms with Gasteiger partial charge < -0.3 is 20.3 Å². The molecule has 0 fully saturated rings. The number of benzene rings is 2. The molecule has 0 aliphatic heterocycles. The van der Waals surface area contributed by atoms with Crippen molar-refractivity contribution in [1.29, 1.82) is 0 Å². The van der Waals surface area contributed by atoms with Gasteiger partial charge in [-0.1, -0.05) is 40.2 Å². The number of aliphatic hydroxyl groups excluding tert-OH is 1. The first kappa shape index (κ1) is 18.2. The SMILES string of the molecule is COc1ccccc1Oc1c(N)nc(-c2ccc(Br)cc2)nc1CCO. The van der Waals surface area contributed by atoms with Crippen LogP contribution in [0.4, 0.5) is 5.82 Å². The van der Waals surface area contributed by atoms with E-state index in [4.69, 9.17) is 15.2 Å². The Bertz CT molecular complexity index is 901. The van der Waals surface area contributed by atoms with E-state index in [1.165, 1.54) is 0 Å². The lowest BCUT2D eigenvalue weighted by Crippen LogP contribution is -2.07. The van der Waals surface area contributed by atoms with Gasteiger partial charge in [0, 0.05) is 23.1 Å². The van der Waals surface area contributed by atoms with Crippen molar-refractivity contribution >= 4 is 21.7 Å². The highest BCUT2D eigenvalue weighted by atomic mass is 79.9. The van der Waals surface area contributed by atoms with Gasteiger partial charge in [0.2, 0.25) is 0 Å². The zero-order valence-corrected chi connectivity index (χ0v) is 15.7. The molecule has 0 aliphatic carbocycles. The average Bonchev–Trinajstić information content (AvgIpc) is 2.65. The van der Waals surface area contributed by atoms with Crippen LogP contribution in [-0.4, -0.2) is 28.8 Å². The van der Waals surface area contributed by atoms with Crippen LogP contribution in [-0.2, 0) is 6.42 Å². The van der Waals surface area contributed by atoms with Crippen molar-refractivity contribution in [2.24, 2.45) is 0 Å². The molecule has 3 aromatic rings. The molecule has 0 atom stereocenters. The van der Waals surface area contributed by atoms with Crippen LogP contribution in [0.2, 0.25) is 0 Å². The van der Waals surface area contributed by atoms with Crippen LogP contribution in [0.15, 0.2) is 53.0 Å². The quantitative estimate of drug-likeness (QED) is 0.635. The zero-order chi connectivity index (χ0) is 18.5. The first-order valence-electron chi connectivity index (χ1n) is 7.96. The Labute approximate surface area is 159 Å². The van der Waals surface area contributed by atoms with Crippen LogP contribution in [0.3, 0.4) is 0 Å². The van der Waals surface area contributed by atoms with E-state index in [1.807, 2.05) is 36.4 Å². The van der Waals surface area contributed by atoms with E-state index in [0.717, 1.165) is 10.0 Å². The Morgan fingerprint density at radius 3 is 2.38 bits per heavy atom. The number of para-hydroxylation sites is 2. The third-order valence-corrected chi connectivity index (χ3v) is 4.22. The lowest BCUT2D eigenvalue weighted by molar-refractivity contribution is 0.295. The molecule has 26 heavy (non-hydrogen) atoms.